The molecule has 5 heteroatoms. The third-order valence-corrected chi connectivity index (χ3v) is 4.97. The average Bonchev–Trinajstić information content (AvgIpc) is 2.85. The largest absolute Gasteiger partial charge is 0.394 e. The number of methoxy groups -OCH3 is 1. The van der Waals surface area contributed by atoms with Gasteiger partial charge < -0.3 is 20.1 Å². The van der Waals surface area contributed by atoms with Gasteiger partial charge in [0, 0.05) is 36.9 Å². The van der Waals surface area contributed by atoms with E-state index in [1.807, 2.05) is 0 Å². The summed E-state index contributed by atoms with van der Waals surface area (Å²) in [6, 6.07) is 6.70. The number of aliphatic hydroxyl groups excluding tert-OH is 1. The first-order valence-electron chi connectivity index (χ1n) is 7.53. The van der Waals surface area contributed by atoms with Crippen molar-refractivity contribution in [2.24, 2.45) is 5.92 Å². The molecule has 21 heavy (non-hydrogen) atoms. The Labute approximate surface area is 135 Å². The number of aliphatic hydroxyl groups is 1. The normalized spacial score (nSPS) is 22.0. The molecule has 1 aromatic rings. The highest BCUT2D eigenvalue weighted by molar-refractivity contribution is 9.10. The Hall–Kier alpha value is -0.620. The van der Waals surface area contributed by atoms with Gasteiger partial charge in [-0.15, -0.1) is 0 Å². The number of nitrogens with zero attached hydrogens (tertiary/aromatic N) is 1. The fourth-order valence-electron chi connectivity index (χ4n) is 2.86. The third-order valence-electron chi connectivity index (χ3n) is 4.24. The summed E-state index contributed by atoms with van der Waals surface area (Å²) in [5, 5.41) is 12.9. The molecule has 2 rings (SSSR count). The number of anilines is 1. The predicted octanol–water partition coefficient (Wildman–Crippen LogP) is 2.39. The van der Waals surface area contributed by atoms with Crippen molar-refractivity contribution in [3.05, 3.63) is 28.2 Å². The van der Waals surface area contributed by atoms with Crippen LogP contribution in [0.15, 0.2) is 22.7 Å². The van der Waals surface area contributed by atoms with Gasteiger partial charge in [-0.2, -0.15) is 0 Å². The van der Waals surface area contributed by atoms with E-state index in [4.69, 9.17) is 4.74 Å². The SMILES string of the molecule is COCCNCc1ccc(N2CCC(C)C2CO)cc1Br. The van der Waals surface area contributed by atoms with Gasteiger partial charge in [-0.05, 0) is 30.0 Å². The standard InChI is InChI=1S/C16H25BrN2O2/c1-12-5-7-19(16(12)11-20)14-4-3-13(15(17)9-14)10-18-6-8-21-2/h3-4,9,12,16,18,20H,5-8,10-11H2,1-2H3. The Morgan fingerprint density at radius 3 is 2.95 bits per heavy atom. The van der Waals surface area contributed by atoms with Gasteiger partial charge in [0.2, 0.25) is 0 Å². The second-order valence-corrected chi connectivity index (χ2v) is 6.51. The topological polar surface area (TPSA) is 44.7 Å². The minimum Gasteiger partial charge on any atom is -0.394 e. The zero-order valence-electron chi connectivity index (χ0n) is 12.8. The van der Waals surface area contributed by atoms with Crippen LogP contribution in [0.1, 0.15) is 18.9 Å². The van der Waals surface area contributed by atoms with Crippen LogP contribution in [0.2, 0.25) is 0 Å². The Kier molecular flexibility index (Phi) is 6.48. The first-order chi connectivity index (χ1) is 10.2. The van der Waals surface area contributed by atoms with E-state index in [2.05, 4.69) is 51.3 Å². The fraction of sp³-hybridized carbons (Fsp3) is 0.625. The van der Waals surface area contributed by atoms with Crippen molar-refractivity contribution in [1.82, 2.24) is 5.32 Å². The Balaban J connectivity index is 2.01. The van der Waals surface area contributed by atoms with Crippen LogP contribution < -0.4 is 10.2 Å². The van der Waals surface area contributed by atoms with Gasteiger partial charge in [0.1, 0.15) is 0 Å². The maximum atomic E-state index is 9.58. The molecule has 0 aliphatic carbocycles. The smallest absolute Gasteiger partial charge is 0.0637 e. The lowest BCUT2D eigenvalue weighted by molar-refractivity contribution is 0.199. The minimum absolute atomic E-state index is 0.221. The molecule has 0 amide bonds. The number of halogens is 1. The minimum atomic E-state index is 0.221. The first-order valence-corrected chi connectivity index (χ1v) is 8.32. The number of ether oxygens (including phenoxy) is 1. The van der Waals surface area contributed by atoms with Crippen LogP contribution in [0.25, 0.3) is 0 Å². The van der Waals surface area contributed by atoms with E-state index in [1.165, 1.54) is 11.3 Å². The van der Waals surface area contributed by atoms with E-state index >= 15 is 0 Å². The monoisotopic (exact) mass is 356 g/mol. The molecule has 0 saturated carbocycles. The van der Waals surface area contributed by atoms with E-state index in [1.54, 1.807) is 7.11 Å². The third kappa shape index (κ3) is 4.19. The summed E-state index contributed by atoms with van der Waals surface area (Å²) in [5.74, 6) is 0.546. The molecule has 2 N–H and O–H groups in total. The van der Waals surface area contributed by atoms with Gasteiger partial charge in [0.05, 0.1) is 19.3 Å². The van der Waals surface area contributed by atoms with E-state index in [9.17, 15) is 5.11 Å². The van der Waals surface area contributed by atoms with Gasteiger partial charge in [0.15, 0.2) is 0 Å². The molecule has 2 unspecified atom stereocenters. The molecular formula is C16H25BrN2O2. The summed E-state index contributed by atoms with van der Waals surface area (Å²) in [7, 11) is 1.71. The van der Waals surface area contributed by atoms with Crippen molar-refractivity contribution < 1.29 is 9.84 Å². The van der Waals surface area contributed by atoms with Gasteiger partial charge in [0.25, 0.3) is 0 Å². The molecule has 1 aromatic carbocycles. The van der Waals surface area contributed by atoms with E-state index < -0.39 is 0 Å². The summed E-state index contributed by atoms with van der Waals surface area (Å²) >= 11 is 3.66. The molecule has 1 aliphatic heterocycles. The molecule has 2 atom stereocenters. The van der Waals surface area contributed by atoms with Crippen LogP contribution in [0.5, 0.6) is 0 Å². The number of rotatable bonds is 7. The first kappa shape index (κ1) is 16.7. The molecule has 4 nitrogen and oxygen atoms in total. The zero-order chi connectivity index (χ0) is 15.2. The summed E-state index contributed by atoms with van der Waals surface area (Å²) in [6.45, 7) is 5.85. The Morgan fingerprint density at radius 1 is 1.48 bits per heavy atom. The molecule has 1 fully saturated rings. The lowest BCUT2D eigenvalue weighted by atomic mass is 10.0. The highest BCUT2D eigenvalue weighted by atomic mass is 79.9. The van der Waals surface area contributed by atoms with Crippen LogP contribution in [0.4, 0.5) is 5.69 Å². The fourth-order valence-corrected chi connectivity index (χ4v) is 3.37. The van der Waals surface area contributed by atoms with Gasteiger partial charge in [-0.1, -0.05) is 28.9 Å². The number of hydrogen-bond donors (Lipinski definition) is 2. The van der Waals surface area contributed by atoms with Gasteiger partial charge in [-0.25, -0.2) is 0 Å². The van der Waals surface area contributed by atoms with Crippen LogP contribution >= 0.6 is 15.9 Å². The molecule has 0 aromatic heterocycles. The molecule has 0 spiro atoms. The molecular weight excluding hydrogens is 332 g/mol. The van der Waals surface area contributed by atoms with E-state index in [0.29, 0.717) is 5.92 Å². The Morgan fingerprint density at radius 2 is 2.29 bits per heavy atom. The summed E-state index contributed by atoms with van der Waals surface area (Å²) in [4.78, 5) is 2.32. The van der Waals surface area contributed by atoms with Crippen molar-refractivity contribution in [1.29, 1.82) is 0 Å². The molecule has 118 valence electrons. The summed E-state index contributed by atoms with van der Waals surface area (Å²) in [6.07, 6.45) is 1.14. The number of hydrogen-bond acceptors (Lipinski definition) is 4. The molecule has 0 radical (unpaired) electrons. The van der Waals surface area contributed by atoms with Crippen LogP contribution in [-0.2, 0) is 11.3 Å². The van der Waals surface area contributed by atoms with Crippen LogP contribution in [0, 0.1) is 5.92 Å². The van der Waals surface area contributed by atoms with E-state index in [0.717, 1.165) is 37.1 Å². The van der Waals surface area contributed by atoms with Crippen molar-refractivity contribution in [2.45, 2.75) is 25.9 Å². The maximum Gasteiger partial charge on any atom is 0.0637 e. The molecule has 1 aliphatic rings. The van der Waals surface area contributed by atoms with Crippen LogP contribution in [-0.4, -0.2) is 44.6 Å². The van der Waals surface area contributed by atoms with Crippen molar-refractivity contribution >= 4 is 21.6 Å². The number of nitrogens with one attached hydrogen (secondary N) is 1. The van der Waals surface area contributed by atoms with E-state index in [-0.39, 0.29) is 12.6 Å². The van der Waals surface area contributed by atoms with Crippen molar-refractivity contribution in [3.63, 3.8) is 0 Å². The van der Waals surface area contributed by atoms with Gasteiger partial charge >= 0.3 is 0 Å². The highest BCUT2D eigenvalue weighted by Crippen LogP contribution is 2.32. The highest BCUT2D eigenvalue weighted by Gasteiger charge is 2.30. The zero-order valence-corrected chi connectivity index (χ0v) is 14.4. The second kappa shape index (κ2) is 8.13. The molecule has 0 bridgehead atoms. The lowest BCUT2D eigenvalue weighted by Gasteiger charge is -2.27. The average molecular weight is 357 g/mol. The summed E-state index contributed by atoms with van der Waals surface area (Å²) < 4.78 is 6.14. The van der Waals surface area contributed by atoms with Crippen molar-refractivity contribution in [3.8, 4) is 0 Å². The predicted molar refractivity (Wildman–Crippen MR) is 89.7 cm³/mol. The maximum absolute atomic E-state index is 9.58. The van der Waals surface area contributed by atoms with Gasteiger partial charge in [-0.3, -0.25) is 0 Å². The quantitative estimate of drug-likeness (QED) is 0.736. The lowest BCUT2D eigenvalue weighted by Crippen LogP contribution is -2.35. The molecule has 1 saturated heterocycles. The Bertz CT molecular complexity index is 456. The van der Waals surface area contributed by atoms with Crippen LogP contribution in [0.3, 0.4) is 0 Å². The number of benzene rings is 1. The summed E-state index contributed by atoms with van der Waals surface area (Å²) in [5.41, 5.74) is 2.42. The van der Waals surface area contributed by atoms with Crippen molar-refractivity contribution in [2.75, 3.05) is 38.3 Å². The molecule has 1 heterocycles. The second-order valence-electron chi connectivity index (χ2n) is 5.65.